The first-order valence-electron chi connectivity index (χ1n) is 39.3. The molecule has 12 amide bonds. The number of hydrogen-bond donors (Lipinski definition) is 3. The van der Waals surface area contributed by atoms with E-state index in [-0.39, 0.29) is 90.3 Å². The van der Waals surface area contributed by atoms with Gasteiger partial charge in [-0.25, -0.2) is 8.78 Å². The van der Waals surface area contributed by atoms with Gasteiger partial charge in [-0.05, 0) is 163 Å². The van der Waals surface area contributed by atoms with Crippen molar-refractivity contribution in [2.45, 2.75) is 268 Å². The molecule has 8 rings (SSSR count). The molecule has 24 nitrogen and oxygen atoms in total. The largest absolute Gasteiger partial charge is 0.397 e. The summed E-state index contributed by atoms with van der Waals surface area (Å²) in [6, 6.07) is -11.1. The average molecular weight is 1560 g/mol. The zero-order valence-corrected chi connectivity index (χ0v) is 65.8. The summed E-state index contributed by atoms with van der Waals surface area (Å²) in [6.45, 7) is 9.12. The average Bonchev–Trinajstić information content (AvgIpc) is 1.38. The van der Waals surface area contributed by atoms with E-state index in [9.17, 15) is 45.5 Å². The zero-order chi connectivity index (χ0) is 80.9. The van der Waals surface area contributed by atoms with Crippen LogP contribution in [0.1, 0.15) is 189 Å². The second-order valence-corrected chi connectivity index (χ2v) is 34.0. The van der Waals surface area contributed by atoms with E-state index in [4.69, 9.17) is 0 Å². The summed E-state index contributed by atoms with van der Waals surface area (Å²) in [6.07, 6.45) is -10.6. The molecule has 2 bridgehead atoms. The predicted molar refractivity (Wildman–Crippen MR) is 387 cm³/mol. The third kappa shape index (κ3) is 20.4. The fraction of sp³-hybridized carbons (Fsp3) is 0.818. The molecule has 7 fully saturated rings. The molecule has 1 spiro atoms. The smallest absolute Gasteiger partial charge is 0.344 e. The van der Waals surface area contributed by atoms with Gasteiger partial charge in [-0.15, -0.1) is 0 Å². The topological polar surface area (TPSA) is 270 Å². The van der Waals surface area contributed by atoms with Gasteiger partial charge in [0.1, 0.15) is 72.1 Å². The second-order valence-electron chi connectivity index (χ2n) is 34.0. The molecule has 0 aromatic heterocycles. The van der Waals surface area contributed by atoms with Crippen molar-refractivity contribution in [1.82, 2.24) is 60.0 Å². The first-order valence-corrected chi connectivity index (χ1v) is 39.3. The molecule has 8 aliphatic rings. The Morgan fingerprint density at radius 3 is 1.78 bits per heavy atom. The van der Waals surface area contributed by atoms with Gasteiger partial charge in [0.05, 0.1) is 25.4 Å². The van der Waals surface area contributed by atoms with E-state index >= 15 is 47.1 Å². The Morgan fingerprint density at radius 2 is 1.22 bits per heavy atom. The summed E-state index contributed by atoms with van der Waals surface area (Å²) in [4.78, 5) is 193. The highest BCUT2D eigenvalue weighted by Crippen LogP contribution is 2.51. The van der Waals surface area contributed by atoms with Gasteiger partial charge >= 0.3 is 12.4 Å². The van der Waals surface area contributed by atoms with Crippen LogP contribution in [0.25, 0.3) is 0 Å². The van der Waals surface area contributed by atoms with Crippen molar-refractivity contribution < 1.29 is 92.7 Å². The number of hydrogen-bond acceptors (Lipinski definition) is 12. The quantitative estimate of drug-likeness (QED) is 0.135. The number of alkyl halides is 8. The highest BCUT2D eigenvalue weighted by atomic mass is 19.4. The van der Waals surface area contributed by atoms with E-state index in [0.717, 1.165) is 14.7 Å². The van der Waals surface area contributed by atoms with Gasteiger partial charge in [0.15, 0.2) is 0 Å². The van der Waals surface area contributed by atoms with Crippen LogP contribution in [0.3, 0.4) is 0 Å². The third-order valence-corrected chi connectivity index (χ3v) is 25.3. The summed E-state index contributed by atoms with van der Waals surface area (Å²) in [5.74, 6) is -17.1. The van der Waals surface area contributed by atoms with Crippen molar-refractivity contribution >= 4 is 70.9 Å². The maximum absolute atomic E-state index is 15.8. The van der Waals surface area contributed by atoms with E-state index < -0.39 is 241 Å². The van der Waals surface area contributed by atoms with E-state index in [2.05, 4.69) is 16.0 Å². The molecule has 2 saturated heterocycles. The molecule has 614 valence electrons. The number of rotatable bonds is 11. The second kappa shape index (κ2) is 36.1. The number of likely N-dealkylation sites (N-methyl/N-ethyl adjacent to an activating group) is 7. The van der Waals surface area contributed by atoms with E-state index in [1.54, 1.807) is 39.8 Å². The summed E-state index contributed by atoms with van der Waals surface area (Å²) in [5, 5.41) is 8.57. The van der Waals surface area contributed by atoms with Crippen LogP contribution in [0.2, 0.25) is 0 Å². The lowest BCUT2D eigenvalue weighted by Gasteiger charge is -2.54. The highest BCUT2D eigenvalue weighted by molar-refractivity contribution is 6.01. The van der Waals surface area contributed by atoms with Gasteiger partial charge in [-0.2, -0.15) is 26.3 Å². The summed E-state index contributed by atoms with van der Waals surface area (Å²) in [7, 11) is 9.66. The van der Waals surface area contributed by atoms with Crippen molar-refractivity contribution in [3.63, 3.8) is 0 Å². The van der Waals surface area contributed by atoms with E-state index in [1.165, 1.54) is 78.7 Å². The Balaban J connectivity index is 1.21. The fourth-order valence-electron chi connectivity index (χ4n) is 18.5. The first-order chi connectivity index (χ1) is 50.9. The monoisotopic (exact) mass is 1550 g/mol. The summed E-state index contributed by atoms with van der Waals surface area (Å²) in [5.41, 5.74) is -2.29. The number of fused-ring (bicyclic) bond motifs is 3. The van der Waals surface area contributed by atoms with Crippen LogP contribution < -0.4 is 16.0 Å². The fourth-order valence-corrected chi connectivity index (χ4v) is 18.5. The van der Waals surface area contributed by atoms with Crippen LogP contribution in [-0.4, -0.2) is 276 Å². The van der Waals surface area contributed by atoms with Crippen LogP contribution in [-0.2, 0) is 57.5 Å². The minimum atomic E-state index is -5.21. The number of halogens is 8. The molecule has 0 radical (unpaired) electrons. The van der Waals surface area contributed by atoms with Crippen molar-refractivity contribution in [2.24, 2.45) is 52.8 Å². The van der Waals surface area contributed by atoms with Crippen LogP contribution in [0, 0.1) is 52.8 Å². The molecule has 2 unspecified atom stereocenters. The number of carbonyl (C=O) groups is 12. The maximum Gasteiger partial charge on any atom is 0.397 e. The molecule has 5 aliphatic carbocycles. The van der Waals surface area contributed by atoms with Gasteiger partial charge in [0, 0.05) is 69.0 Å². The van der Waals surface area contributed by atoms with Crippen LogP contribution in [0.4, 0.5) is 35.1 Å². The van der Waals surface area contributed by atoms with Gasteiger partial charge < -0.3 is 60.0 Å². The minimum Gasteiger partial charge on any atom is -0.344 e. The molecule has 109 heavy (non-hydrogen) atoms. The minimum absolute atomic E-state index is 0.00423. The molecule has 3 N–H and O–H groups in total. The van der Waals surface area contributed by atoms with Crippen molar-refractivity contribution in [3.05, 3.63) is 12.2 Å². The Hall–Kier alpha value is -7.18. The molecule has 0 aromatic rings. The van der Waals surface area contributed by atoms with Gasteiger partial charge in [-0.3, -0.25) is 57.5 Å². The molecule has 3 heterocycles. The van der Waals surface area contributed by atoms with E-state index in [1.807, 2.05) is 13.8 Å². The third-order valence-electron chi connectivity index (χ3n) is 25.3. The van der Waals surface area contributed by atoms with Crippen LogP contribution in [0.5, 0.6) is 0 Å². The molecular formula is C77H118F8N12O12. The molecule has 0 aromatic carbocycles. The van der Waals surface area contributed by atoms with Crippen molar-refractivity contribution in [2.75, 3.05) is 82.1 Å². The predicted octanol–water partition coefficient (Wildman–Crippen LogP) is 7.36. The molecular weight excluding hydrogens is 1440 g/mol. The Kier molecular flexibility index (Phi) is 28.9. The van der Waals surface area contributed by atoms with Crippen LogP contribution in [0.15, 0.2) is 12.2 Å². The number of nitrogens with zero attached hydrogens (tertiary/aromatic N) is 9. The lowest BCUT2D eigenvalue weighted by atomic mass is 9.58. The first kappa shape index (κ1) is 87.4. The molecule has 12 atom stereocenters. The summed E-state index contributed by atoms with van der Waals surface area (Å²) < 4.78 is 115. The Bertz CT molecular complexity index is 3330. The van der Waals surface area contributed by atoms with Crippen molar-refractivity contribution in [1.29, 1.82) is 0 Å². The van der Waals surface area contributed by atoms with Gasteiger partial charge in [-0.1, -0.05) is 72.5 Å². The Labute approximate surface area is 635 Å². The lowest BCUT2D eigenvalue weighted by Crippen LogP contribution is -2.71. The van der Waals surface area contributed by atoms with Crippen LogP contribution >= 0.6 is 0 Å². The van der Waals surface area contributed by atoms with E-state index in [0.29, 0.717) is 51.4 Å². The van der Waals surface area contributed by atoms with Gasteiger partial charge in [0.25, 0.3) is 0 Å². The molecule has 3 aliphatic heterocycles. The molecule has 5 saturated carbocycles. The zero-order valence-electron chi connectivity index (χ0n) is 65.8. The van der Waals surface area contributed by atoms with Gasteiger partial charge in [0.2, 0.25) is 70.9 Å². The number of carbonyl (C=O) groups excluding carboxylic acids is 12. The maximum atomic E-state index is 15.8. The number of amides is 12. The lowest BCUT2D eigenvalue weighted by molar-refractivity contribution is -0.219. The Morgan fingerprint density at radius 1 is 0.624 bits per heavy atom. The SMILES string of the molecule is CC[C@H](C)[C@@H]1NC(=O)[C@H](C2CCC2)N(C)C(=O)C[C@@H](C(=O)N(C)CC)N(C)C(=O)[C@H](C2CCCC2)N(C)C(=O)C2(CC(C)(C)C2)NC(=O)[C@@H]2C[C@H](C)CN2C(=O)[C@H](CCC2CC(F)C(C(F)(F)F)C(F)C2)NC(=O)CN(C)C(=O)[C@H](CC2CCC(C(F)(F)F)CC2)N2CC/C=C\C[C@@H](C2=O)N(C)C(=O)CN(C)C1=O. The standard InChI is InChI=1S/C77H118F8N12O12/c1-14-45(4)62-71(107)91(9)41-60(100)92(10)54-26-17-16-20-33-96(70(54)106)57(37-46-27-30-50(31-28-46)76(80,81)82)69(105)90(8)40-58(98)86-53(32-29-47-35-51(78)61(52(79)36-47)77(83,84)85)67(103)97-39-44(3)34-55(97)65(101)88-75(42-74(5,6)43-75)73(109)95(13)64(49-22-18-19-23-49)72(108)93(11)56(68(104)89(7)15-2)38-59(99)94(12)63(66(102)87-62)48-24-21-25-48/h16-17,44-57,61-64H,14-15,18-43H2,1-13H3,(H,86,98)(H,87,102)(H,88,101)/b17-16-/t44-,45-,46?,47?,50?,51?,52?,53-,54-,55-,56-,57-,61?,62-,63-,64-/m0/s1. The number of nitrogens with one attached hydrogen (secondary N) is 3. The highest BCUT2D eigenvalue weighted by Gasteiger charge is 2.60. The normalized spacial score (nSPS) is 33.0. The van der Waals surface area contributed by atoms with Crippen molar-refractivity contribution in [3.8, 4) is 0 Å². The molecule has 32 heteroatoms. The summed E-state index contributed by atoms with van der Waals surface area (Å²) >= 11 is 0.